The molecule has 5 nitrogen and oxygen atoms in total. The number of methoxy groups -OCH3 is 1. The molecule has 1 saturated heterocycles. The molecule has 1 fully saturated rings. The molecule has 1 aromatic heterocycles. The van der Waals surface area contributed by atoms with Gasteiger partial charge in [0.2, 0.25) is 0 Å². The third kappa shape index (κ3) is 3.17. The number of hydrogen-bond acceptors (Lipinski definition) is 5. The number of hydrogen-bond donors (Lipinski definition) is 1. The molecule has 0 aromatic carbocycles. The van der Waals surface area contributed by atoms with Gasteiger partial charge in [-0.15, -0.1) is 0 Å². The van der Waals surface area contributed by atoms with Crippen LogP contribution in [0.1, 0.15) is 24.9 Å². The van der Waals surface area contributed by atoms with Crippen LogP contribution in [0.3, 0.4) is 0 Å². The second-order valence-electron chi connectivity index (χ2n) is 5.13. The largest absolute Gasteiger partial charge is 0.384 e. The highest BCUT2D eigenvalue weighted by Gasteiger charge is 2.26. The maximum Gasteiger partial charge on any atom is 0.144 e. The molecule has 5 heteroatoms. The average Bonchev–Trinajstić information content (AvgIpc) is 2.30. The van der Waals surface area contributed by atoms with E-state index in [1.807, 2.05) is 6.92 Å². The van der Waals surface area contributed by atoms with Gasteiger partial charge in [-0.1, -0.05) is 6.92 Å². The fraction of sp³-hybridized carbons (Fsp3) is 0.692. The van der Waals surface area contributed by atoms with Gasteiger partial charge in [-0.2, -0.15) is 0 Å². The number of rotatable bonds is 3. The quantitative estimate of drug-likeness (QED) is 0.874. The lowest BCUT2D eigenvalue weighted by molar-refractivity contribution is -0.00815. The number of aromatic nitrogens is 2. The second-order valence-corrected chi connectivity index (χ2v) is 5.13. The molecule has 1 aromatic rings. The van der Waals surface area contributed by atoms with Crippen molar-refractivity contribution in [1.82, 2.24) is 14.9 Å². The van der Waals surface area contributed by atoms with Crippen molar-refractivity contribution in [3.05, 3.63) is 17.6 Å². The van der Waals surface area contributed by atoms with Gasteiger partial charge in [0.15, 0.2) is 0 Å². The smallest absolute Gasteiger partial charge is 0.144 e. The summed E-state index contributed by atoms with van der Waals surface area (Å²) in [4.78, 5) is 11.0. The monoisotopic (exact) mass is 250 g/mol. The summed E-state index contributed by atoms with van der Waals surface area (Å²) in [5.41, 5.74) is 6.67. The first-order chi connectivity index (χ1) is 8.58. The number of nitrogens with two attached hydrogens (primary N) is 1. The molecule has 1 aliphatic rings. The number of anilines is 1. The zero-order chi connectivity index (χ0) is 13.1. The highest BCUT2D eigenvalue weighted by Crippen LogP contribution is 2.20. The minimum atomic E-state index is 0.306. The first-order valence-electron chi connectivity index (χ1n) is 6.43. The second kappa shape index (κ2) is 5.63. The zero-order valence-electron chi connectivity index (χ0n) is 11.4. The van der Waals surface area contributed by atoms with Crippen LogP contribution in [0, 0.1) is 12.8 Å². The van der Waals surface area contributed by atoms with Crippen molar-refractivity contribution in [3.63, 3.8) is 0 Å². The molecule has 0 amide bonds. The van der Waals surface area contributed by atoms with Gasteiger partial charge < -0.3 is 10.5 Å². The Hall–Kier alpha value is -1.20. The highest BCUT2D eigenvalue weighted by molar-refractivity contribution is 5.29. The van der Waals surface area contributed by atoms with E-state index in [0.717, 1.165) is 37.6 Å². The molecule has 2 rings (SSSR count). The van der Waals surface area contributed by atoms with Crippen molar-refractivity contribution in [2.75, 3.05) is 25.9 Å². The van der Waals surface area contributed by atoms with Crippen LogP contribution < -0.4 is 5.73 Å². The van der Waals surface area contributed by atoms with Crippen LogP contribution in [0.15, 0.2) is 6.07 Å². The van der Waals surface area contributed by atoms with Gasteiger partial charge in [-0.3, -0.25) is 4.90 Å². The van der Waals surface area contributed by atoms with Crippen LogP contribution >= 0.6 is 0 Å². The maximum absolute atomic E-state index is 5.75. The lowest BCUT2D eigenvalue weighted by Crippen LogP contribution is -2.43. The van der Waals surface area contributed by atoms with E-state index in [1.165, 1.54) is 0 Å². The molecule has 100 valence electrons. The van der Waals surface area contributed by atoms with Gasteiger partial charge in [-0.25, -0.2) is 9.97 Å². The van der Waals surface area contributed by atoms with Crippen LogP contribution in [0.25, 0.3) is 0 Å². The SMILES string of the molecule is COC1CN(Cc2nc(C)cc(N)n2)CCC1C. The van der Waals surface area contributed by atoms with E-state index in [2.05, 4.69) is 21.8 Å². The molecule has 2 heterocycles. The zero-order valence-corrected chi connectivity index (χ0v) is 11.4. The van der Waals surface area contributed by atoms with Gasteiger partial charge in [0.1, 0.15) is 11.6 Å². The molecule has 18 heavy (non-hydrogen) atoms. The summed E-state index contributed by atoms with van der Waals surface area (Å²) >= 11 is 0. The summed E-state index contributed by atoms with van der Waals surface area (Å²) in [5, 5.41) is 0. The Bertz CT molecular complexity index is 390. The first-order valence-corrected chi connectivity index (χ1v) is 6.43. The molecule has 0 bridgehead atoms. The lowest BCUT2D eigenvalue weighted by Gasteiger charge is -2.35. The predicted molar refractivity (Wildman–Crippen MR) is 71.0 cm³/mol. The van der Waals surface area contributed by atoms with Crippen LogP contribution in [0.2, 0.25) is 0 Å². The fourth-order valence-corrected chi connectivity index (χ4v) is 2.48. The molecule has 2 atom stereocenters. The predicted octanol–water partition coefficient (Wildman–Crippen LogP) is 1.22. The summed E-state index contributed by atoms with van der Waals surface area (Å²) in [7, 11) is 1.78. The standard InChI is InChI=1S/C13H22N4O/c1-9-4-5-17(7-11(9)18-3)8-13-15-10(2)6-12(14)16-13/h6,9,11H,4-5,7-8H2,1-3H3,(H2,14,15,16). The van der Waals surface area contributed by atoms with E-state index in [-0.39, 0.29) is 0 Å². The van der Waals surface area contributed by atoms with E-state index >= 15 is 0 Å². The summed E-state index contributed by atoms with van der Waals surface area (Å²) < 4.78 is 5.51. The molecule has 0 radical (unpaired) electrons. The van der Waals surface area contributed by atoms with Crippen molar-refractivity contribution in [2.24, 2.45) is 5.92 Å². The Morgan fingerprint density at radius 1 is 1.50 bits per heavy atom. The lowest BCUT2D eigenvalue weighted by atomic mass is 9.96. The Morgan fingerprint density at radius 2 is 2.28 bits per heavy atom. The highest BCUT2D eigenvalue weighted by atomic mass is 16.5. The van der Waals surface area contributed by atoms with Gasteiger partial charge in [0, 0.05) is 25.4 Å². The topological polar surface area (TPSA) is 64.3 Å². The van der Waals surface area contributed by atoms with Gasteiger partial charge in [-0.05, 0) is 25.8 Å². The molecule has 2 N–H and O–H groups in total. The summed E-state index contributed by atoms with van der Waals surface area (Å²) in [6, 6.07) is 1.79. The van der Waals surface area contributed by atoms with Crippen LogP contribution in [0.4, 0.5) is 5.82 Å². The van der Waals surface area contributed by atoms with E-state index in [9.17, 15) is 0 Å². The van der Waals surface area contributed by atoms with Crippen molar-refractivity contribution in [2.45, 2.75) is 32.9 Å². The molecule has 2 unspecified atom stereocenters. The average molecular weight is 250 g/mol. The number of ether oxygens (including phenoxy) is 1. The summed E-state index contributed by atoms with van der Waals surface area (Å²) in [6.45, 7) is 6.94. The van der Waals surface area contributed by atoms with E-state index < -0.39 is 0 Å². The van der Waals surface area contributed by atoms with Crippen LogP contribution in [-0.2, 0) is 11.3 Å². The van der Waals surface area contributed by atoms with Gasteiger partial charge in [0.25, 0.3) is 0 Å². The molecule has 0 spiro atoms. The Labute approximate surface area is 108 Å². The van der Waals surface area contributed by atoms with Crippen molar-refractivity contribution >= 4 is 5.82 Å². The van der Waals surface area contributed by atoms with Gasteiger partial charge in [0.05, 0.1) is 12.6 Å². The minimum absolute atomic E-state index is 0.306. The van der Waals surface area contributed by atoms with Crippen molar-refractivity contribution < 1.29 is 4.74 Å². The fourth-order valence-electron chi connectivity index (χ4n) is 2.48. The van der Waals surface area contributed by atoms with Crippen LogP contribution in [0.5, 0.6) is 0 Å². The summed E-state index contributed by atoms with van der Waals surface area (Å²) in [5.74, 6) is 1.97. The first kappa shape index (κ1) is 13.2. The molecule has 0 saturated carbocycles. The number of nitrogen functional groups attached to an aromatic ring is 1. The van der Waals surface area contributed by atoms with Crippen molar-refractivity contribution in [1.29, 1.82) is 0 Å². The van der Waals surface area contributed by atoms with Gasteiger partial charge >= 0.3 is 0 Å². The normalized spacial score (nSPS) is 25.3. The third-order valence-electron chi connectivity index (χ3n) is 3.56. The molecule has 0 aliphatic carbocycles. The summed E-state index contributed by atoms with van der Waals surface area (Å²) in [6.07, 6.45) is 1.46. The number of piperidine rings is 1. The third-order valence-corrected chi connectivity index (χ3v) is 3.56. The molecular formula is C13H22N4O. The Balaban J connectivity index is 2.01. The number of nitrogens with zero attached hydrogens (tertiary/aromatic N) is 3. The van der Waals surface area contributed by atoms with Crippen LogP contribution in [-0.4, -0.2) is 41.2 Å². The van der Waals surface area contributed by atoms with E-state index in [1.54, 1.807) is 13.2 Å². The van der Waals surface area contributed by atoms with E-state index in [4.69, 9.17) is 10.5 Å². The van der Waals surface area contributed by atoms with E-state index in [0.29, 0.717) is 17.8 Å². The Morgan fingerprint density at radius 3 is 2.94 bits per heavy atom. The number of likely N-dealkylation sites (tertiary alicyclic amines) is 1. The molecule has 1 aliphatic heterocycles. The minimum Gasteiger partial charge on any atom is -0.384 e. The van der Waals surface area contributed by atoms with Crippen molar-refractivity contribution in [3.8, 4) is 0 Å². The Kier molecular flexibility index (Phi) is 4.14. The number of aryl methyl sites for hydroxylation is 1. The maximum atomic E-state index is 5.75. The molecular weight excluding hydrogens is 228 g/mol.